The molecule has 1 aliphatic rings. The summed E-state index contributed by atoms with van der Waals surface area (Å²) in [4.78, 5) is 21.6. The topological polar surface area (TPSA) is 38.1 Å². The van der Waals surface area contributed by atoms with Crippen LogP contribution in [0.1, 0.15) is 30.5 Å². The normalized spacial score (nSPS) is 13.8. The highest BCUT2D eigenvalue weighted by Gasteiger charge is 2.40. The third kappa shape index (κ3) is 3.30. The second-order valence-electron chi connectivity index (χ2n) is 9.02. The molecule has 0 spiro atoms. The number of aryl methyl sites for hydroxylation is 1. The van der Waals surface area contributed by atoms with Gasteiger partial charge in [-0.25, -0.2) is 4.98 Å². The number of rotatable bonds is 4. The van der Waals surface area contributed by atoms with Crippen LogP contribution in [-0.4, -0.2) is 16.1 Å². The number of aromatic nitrogens is 2. The van der Waals surface area contributed by atoms with E-state index in [1.165, 1.54) is 5.56 Å². The minimum Gasteiger partial charge on any atom is -0.322 e. The Labute approximate surface area is 194 Å². The van der Waals surface area contributed by atoms with Crippen LogP contribution in [0.25, 0.3) is 17.1 Å². The van der Waals surface area contributed by atoms with E-state index in [9.17, 15) is 4.79 Å². The van der Waals surface area contributed by atoms with Gasteiger partial charge in [-0.2, -0.15) is 0 Å². The van der Waals surface area contributed by atoms with Gasteiger partial charge in [0, 0.05) is 23.2 Å². The predicted molar refractivity (Wildman–Crippen MR) is 136 cm³/mol. The van der Waals surface area contributed by atoms with E-state index in [0.29, 0.717) is 23.8 Å². The minimum absolute atomic E-state index is 0.0451. The van der Waals surface area contributed by atoms with E-state index in [1.807, 2.05) is 66.7 Å². The van der Waals surface area contributed by atoms with E-state index in [1.54, 1.807) is 4.57 Å². The zero-order chi connectivity index (χ0) is 23.2. The van der Waals surface area contributed by atoms with Gasteiger partial charge >= 0.3 is 0 Å². The molecule has 33 heavy (non-hydrogen) atoms. The fourth-order valence-corrected chi connectivity index (χ4v) is 4.80. The summed E-state index contributed by atoms with van der Waals surface area (Å²) >= 11 is 0. The van der Waals surface area contributed by atoms with Crippen molar-refractivity contribution in [3.05, 3.63) is 119 Å². The van der Waals surface area contributed by atoms with E-state index in [4.69, 9.17) is 4.98 Å². The highest BCUT2D eigenvalue weighted by atomic mass is 16.1. The average molecular weight is 434 g/mol. The summed E-state index contributed by atoms with van der Waals surface area (Å²) in [6, 6.07) is 26.1. The number of nitrogens with zero attached hydrogens (tertiary/aromatic N) is 3. The SMILES string of the molecule is C=CCN1c2ccc(C)cc2C(C)(C)c2c1nc(-c1ccccc1)n(-c1ccccc1)c2=O. The Bertz CT molecular complexity index is 1400. The molecule has 0 fully saturated rings. The molecule has 1 aromatic heterocycles. The van der Waals surface area contributed by atoms with Gasteiger partial charge in [0.25, 0.3) is 5.56 Å². The largest absolute Gasteiger partial charge is 0.322 e. The summed E-state index contributed by atoms with van der Waals surface area (Å²) in [5, 5.41) is 0. The van der Waals surface area contributed by atoms with Gasteiger partial charge in [-0.05, 0) is 30.7 Å². The highest BCUT2D eigenvalue weighted by molar-refractivity contribution is 5.77. The Hall–Kier alpha value is -3.92. The van der Waals surface area contributed by atoms with Crippen molar-refractivity contribution in [2.75, 3.05) is 11.4 Å². The number of fused-ring (bicyclic) bond motifs is 2. The number of anilines is 2. The maximum atomic E-state index is 14.3. The maximum absolute atomic E-state index is 14.3. The maximum Gasteiger partial charge on any atom is 0.264 e. The molecule has 3 aromatic carbocycles. The first-order valence-electron chi connectivity index (χ1n) is 11.2. The van der Waals surface area contributed by atoms with Crippen molar-refractivity contribution in [2.24, 2.45) is 0 Å². The molecule has 0 aliphatic carbocycles. The van der Waals surface area contributed by atoms with Crippen LogP contribution in [0.5, 0.6) is 0 Å². The average Bonchev–Trinajstić information content (AvgIpc) is 2.82. The fraction of sp³-hybridized carbons (Fsp3) is 0.172. The molecule has 0 unspecified atom stereocenters. The molecular formula is C29H27N3O. The van der Waals surface area contributed by atoms with Gasteiger partial charge in [0.15, 0.2) is 0 Å². The van der Waals surface area contributed by atoms with Crippen molar-refractivity contribution in [3.8, 4) is 17.1 Å². The molecule has 5 rings (SSSR count). The van der Waals surface area contributed by atoms with Gasteiger partial charge in [-0.3, -0.25) is 9.36 Å². The van der Waals surface area contributed by atoms with E-state index < -0.39 is 5.41 Å². The standard InChI is InChI=1S/C29H27N3O/c1-5-18-31-24-17-16-20(2)19-23(24)29(3,4)25-27(31)30-26(21-12-8-6-9-13-21)32(28(25)33)22-14-10-7-11-15-22/h5-17,19H,1,18H2,2-4H3. The first kappa shape index (κ1) is 21.0. The first-order chi connectivity index (χ1) is 15.9. The molecule has 0 atom stereocenters. The Morgan fingerprint density at radius 3 is 2.30 bits per heavy atom. The summed E-state index contributed by atoms with van der Waals surface area (Å²) in [6.45, 7) is 10.9. The highest BCUT2D eigenvalue weighted by Crippen LogP contribution is 2.47. The molecule has 0 saturated carbocycles. The van der Waals surface area contributed by atoms with Gasteiger partial charge < -0.3 is 4.90 Å². The van der Waals surface area contributed by atoms with E-state index in [0.717, 1.165) is 22.5 Å². The predicted octanol–water partition coefficient (Wildman–Crippen LogP) is 6.17. The van der Waals surface area contributed by atoms with E-state index >= 15 is 0 Å². The molecule has 1 aliphatic heterocycles. The van der Waals surface area contributed by atoms with Crippen LogP contribution in [0.15, 0.2) is 96.3 Å². The van der Waals surface area contributed by atoms with Gasteiger partial charge in [-0.15, -0.1) is 6.58 Å². The van der Waals surface area contributed by atoms with Crippen LogP contribution in [0.4, 0.5) is 11.5 Å². The zero-order valence-electron chi connectivity index (χ0n) is 19.2. The summed E-state index contributed by atoms with van der Waals surface area (Å²) in [5.41, 5.74) is 5.21. The summed E-state index contributed by atoms with van der Waals surface area (Å²) in [6.07, 6.45) is 1.86. The van der Waals surface area contributed by atoms with Crippen LogP contribution in [-0.2, 0) is 5.41 Å². The molecule has 4 heteroatoms. The lowest BCUT2D eigenvalue weighted by Crippen LogP contribution is -2.41. The molecule has 2 heterocycles. The molecule has 0 bridgehead atoms. The van der Waals surface area contributed by atoms with Crippen LogP contribution in [0.3, 0.4) is 0 Å². The molecule has 4 nitrogen and oxygen atoms in total. The number of benzene rings is 3. The monoisotopic (exact) mass is 433 g/mol. The van der Waals surface area contributed by atoms with Crippen molar-refractivity contribution >= 4 is 11.5 Å². The van der Waals surface area contributed by atoms with Crippen molar-refractivity contribution in [1.29, 1.82) is 0 Å². The smallest absolute Gasteiger partial charge is 0.264 e. The third-order valence-corrected chi connectivity index (χ3v) is 6.42. The van der Waals surface area contributed by atoms with Crippen LogP contribution < -0.4 is 10.5 Å². The second-order valence-corrected chi connectivity index (χ2v) is 9.02. The quantitative estimate of drug-likeness (QED) is 0.361. The molecule has 0 N–H and O–H groups in total. The molecule has 0 saturated heterocycles. The van der Waals surface area contributed by atoms with Gasteiger partial charge in [-0.1, -0.05) is 86.2 Å². The van der Waals surface area contributed by atoms with Crippen molar-refractivity contribution in [2.45, 2.75) is 26.2 Å². The van der Waals surface area contributed by atoms with Crippen molar-refractivity contribution in [3.63, 3.8) is 0 Å². The molecule has 0 radical (unpaired) electrons. The summed E-state index contributed by atoms with van der Waals surface area (Å²) in [5.74, 6) is 1.33. The van der Waals surface area contributed by atoms with Crippen LogP contribution in [0.2, 0.25) is 0 Å². The van der Waals surface area contributed by atoms with Crippen molar-refractivity contribution < 1.29 is 0 Å². The van der Waals surface area contributed by atoms with Gasteiger partial charge in [0.1, 0.15) is 11.6 Å². The molecule has 0 amide bonds. The first-order valence-corrected chi connectivity index (χ1v) is 11.2. The Kier molecular flexibility index (Phi) is 5.01. The Morgan fingerprint density at radius 2 is 1.64 bits per heavy atom. The van der Waals surface area contributed by atoms with Gasteiger partial charge in [0.2, 0.25) is 0 Å². The lowest BCUT2D eigenvalue weighted by molar-refractivity contribution is 0.605. The molecule has 4 aromatic rings. The third-order valence-electron chi connectivity index (χ3n) is 6.42. The summed E-state index contributed by atoms with van der Waals surface area (Å²) < 4.78 is 1.75. The second kappa shape index (κ2) is 7.89. The molecule has 164 valence electrons. The Balaban J connectivity index is 1.91. The lowest BCUT2D eigenvalue weighted by atomic mass is 9.74. The zero-order valence-corrected chi connectivity index (χ0v) is 19.2. The number of hydrogen-bond donors (Lipinski definition) is 0. The van der Waals surface area contributed by atoms with E-state index in [2.05, 4.69) is 50.4 Å². The van der Waals surface area contributed by atoms with Gasteiger partial charge in [0.05, 0.1) is 11.3 Å². The van der Waals surface area contributed by atoms with Crippen LogP contribution >= 0.6 is 0 Å². The fourth-order valence-electron chi connectivity index (χ4n) is 4.80. The lowest BCUT2D eigenvalue weighted by Gasteiger charge is -2.40. The van der Waals surface area contributed by atoms with E-state index in [-0.39, 0.29) is 5.56 Å². The molecular weight excluding hydrogens is 406 g/mol. The van der Waals surface area contributed by atoms with Crippen LogP contribution in [0, 0.1) is 6.92 Å². The Morgan fingerprint density at radius 1 is 0.970 bits per heavy atom. The van der Waals surface area contributed by atoms with Crippen molar-refractivity contribution in [1.82, 2.24) is 9.55 Å². The minimum atomic E-state index is -0.510. The summed E-state index contributed by atoms with van der Waals surface area (Å²) in [7, 11) is 0. The number of para-hydroxylation sites is 1. The number of hydrogen-bond acceptors (Lipinski definition) is 3.